The van der Waals surface area contributed by atoms with Gasteiger partial charge in [0.1, 0.15) is 5.69 Å². The number of aromatic nitrogens is 1. The normalized spacial score (nSPS) is 11.2. The minimum Gasteiger partial charge on any atom is -0.477 e. The van der Waals surface area contributed by atoms with Gasteiger partial charge >= 0.3 is 5.97 Å². The van der Waals surface area contributed by atoms with Gasteiger partial charge in [-0.15, -0.1) is 0 Å². The largest absolute Gasteiger partial charge is 0.477 e. The minimum atomic E-state index is -0.994. The second kappa shape index (κ2) is 4.51. The van der Waals surface area contributed by atoms with Gasteiger partial charge in [0.2, 0.25) is 0 Å². The third-order valence-corrected chi connectivity index (χ3v) is 2.11. The van der Waals surface area contributed by atoms with Gasteiger partial charge in [-0.05, 0) is 17.5 Å². The Hall–Kier alpha value is -1.58. The molecule has 1 aromatic heterocycles. The second-order valence-electron chi connectivity index (χ2n) is 5.12. The standard InChI is InChI=1S/C12H18N2O2/c1-12(2,3)8-14(4)9-5-6-13-10(7-9)11(15)16/h5-7H,8H2,1-4H3,(H,15,16). The molecule has 0 saturated carbocycles. The first-order valence-corrected chi connectivity index (χ1v) is 5.20. The molecule has 1 rings (SSSR count). The summed E-state index contributed by atoms with van der Waals surface area (Å²) >= 11 is 0. The number of anilines is 1. The van der Waals surface area contributed by atoms with Crippen molar-refractivity contribution in [2.75, 3.05) is 18.5 Å². The molecule has 0 fully saturated rings. The summed E-state index contributed by atoms with van der Waals surface area (Å²) in [6.07, 6.45) is 1.53. The zero-order chi connectivity index (χ0) is 12.3. The summed E-state index contributed by atoms with van der Waals surface area (Å²) in [7, 11) is 1.95. The highest BCUT2D eigenvalue weighted by atomic mass is 16.4. The van der Waals surface area contributed by atoms with Gasteiger partial charge in [-0.1, -0.05) is 20.8 Å². The fraction of sp³-hybridized carbons (Fsp3) is 0.500. The molecule has 0 amide bonds. The lowest BCUT2D eigenvalue weighted by atomic mass is 9.96. The molecule has 0 aliphatic rings. The molecule has 4 heteroatoms. The predicted molar refractivity (Wildman–Crippen MR) is 63.9 cm³/mol. The molecular formula is C12H18N2O2. The summed E-state index contributed by atoms with van der Waals surface area (Å²) in [5.74, 6) is -0.994. The van der Waals surface area contributed by atoms with Crippen LogP contribution in [0.15, 0.2) is 18.3 Å². The maximum absolute atomic E-state index is 10.8. The van der Waals surface area contributed by atoms with E-state index in [1.807, 2.05) is 18.0 Å². The van der Waals surface area contributed by atoms with Crippen LogP contribution in [0.4, 0.5) is 5.69 Å². The van der Waals surface area contributed by atoms with Crippen molar-refractivity contribution in [2.45, 2.75) is 20.8 Å². The van der Waals surface area contributed by atoms with E-state index in [1.54, 1.807) is 6.07 Å². The van der Waals surface area contributed by atoms with Gasteiger partial charge in [0, 0.05) is 25.5 Å². The number of hydrogen-bond donors (Lipinski definition) is 1. The van der Waals surface area contributed by atoms with Crippen molar-refractivity contribution in [1.29, 1.82) is 0 Å². The number of rotatable bonds is 3. The molecular weight excluding hydrogens is 204 g/mol. The van der Waals surface area contributed by atoms with Crippen LogP contribution in [0.2, 0.25) is 0 Å². The van der Waals surface area contributed by atoms with Crippen LogP contribution in [-0.4, -0.2) is 29.7 Å². The Morgan fingerprint density at radius 1 is 1.50 bits per heavy atom. The molecule has 1 N–H and O–H groups in total. The van der Waals surface area contributed by atoms with Gasteiger partial charge in [0.15, 0.2) is 0 Å². The monoisotopic (exact) mass is 222 g/mol. The quantitative estimate of drug-likeness (QED) is 0.852. The van der Waals surface area contributed by atoms with Crippen LogP contribution in [0.25, 0.3) is 0 Å². The number of aromatic carboxylic acids is 1. The zero-order valence-electron chi connectivity index (χ0n) is 10.2. The van der Waals surface area contributed by atoms with Gasteiger partial charge in [-0.25, -0.2) is 9.78 Å². The van der Waals surface area contributed by atoms with Crippen molar-refractivity contribution in [3.8, 4) is 0 Å². The summed E-state index contributed by atoms with van der Waals surface area (Å²) in [6, 6.07) is 3.41. The molecule has 88 valence electrons. The molecule has 0 bridgehead atoms. The van der Waals surface area contributed by atoms with Crippen LogP contribution in [0.1, 0.15) is 31.3 Å². The van der Waals surface area contributed by atoms with E-state index >= 15 is 0 Å². The van der Waals surface area contributed by atoms with Crippen LogP contribution in [0.3, 0.4) is 0 Å². The predicted octanol–water partition coefficient (Wildman–Crippen LogP) is 2.26. The molecule has 0 spiro atoms. The topological polar surface area (TPSA) is 53.4 Å². The molecule has 0 radical (unpaired) electrons. The maximum atomic E-state index is 10.8. The molecule has 16 heavy (non-hydrogen) atoms. The van der Waals surface area contributed by atoms with Crippen LogP contribution < -0.4 is 4.90 Å². The lowest BCUT2D eigenvalue weighted by Crippen LogP contribution is -2.29. The molecule has 1 heterocycles. The number of carboxylic acid groups (broad SMARTS) is 1. The highest BCUT2D eigenvalue weighted by molar-refractivity contribution is 5.86. The van der Waals surface area contributed by atoms with Crippen molar-refractivity contribution < 1.29 is 9.90 Å². The highest BCUT2D eigenvalue weighted by Crippen LogP contribution is 2.20. The summed E-state index contributed by atoms with van der Waals surface area (Å²) < 4.78 is 0. The Balaban J connectivity index is 2.87. The van der Waals surface area contributed by atoms with E-state index in [0.29, 0.717) is 0 Å². The van der Waals surface area contributed by atoms with Crippen molar-refractivity contribution in [3.63, 3.8) is 0 Å². The molecule has 0 aromatic carbocycles. The fourth-order valence-electron chi connectivity index (χ4n) is 1.58. The van der Waals surface area contributed by atoms with Crippen molar-refractivity contribution in [3.05, 3.63) is 24.0 Å². The summed E-state index contributed by atoms with van der Waals surface area (Å²) in [4.78, 5) is 16.6. The molecule has 4 nitrogen and oxygen atoms in total. The number of hydrogen-bond acceptors (Lipinski definition) is 3. The van der Waals surface area contributed by atoms with Crippen LogP contribution in [0, 0.1) is 5.41 Å². The van der Waals surface area contributed by atoms with E-state index < -0.39 is 5.97 Å². The molecule has 0 saturated heterocycles. The Labute approximate surface area is 95.9 Å². The summed E-state index contributed by atoms with van der Waals surface area (Å²) in [5.41, 5.74) is 1.13. The minimum absolute atomic E-state index is 0.0817. The number of pyridine rings is 1. The lowest BCUT2D eigenvalue weighted by Gasteiger charge is -2.28. The van der Waals surface area contributed by atoms with Gasteiger partial charge < -0.3 is 10.0 Å². The maximum Gasteiger partial charge on any atom is 0.354 e. The third kappa shape index (κ3) is 3.53. The van der Waals surface area contributed by atoms with E-state index in [2.05, 4.69) is 25.8 Å². The average molecular weight is 222 g/mol. The Morgan fingerprint density at radius 3 is 2.62 bits per heavy atom. The Kier molecular flexibility index (Phi) is 3.52. The Bertz CT molecular complexity index is 383. The fourth-order valence-corrected chi connectivity index (χ4v) is 1.58. The highest BCUT2D eigenvalue weighted by Gasteiger charge is 2.15. The van der Waals surface area contributed by atoms with Crippen molar-refractivity contribution >= 4 is 11.7 Å². The summed E-state index contributed by atoms with van der Waals surface area (Å²) in [6.45, 7) is 7.28. The van der Waals surface area contributed by atoms with Crippen LogP contribution in [0.5, 0.6) is 0 Å². The molecule has 0 aliphatic heterocycles. The smallest absolute Gasteiger partial charge is 0.354 e. The molecule has 1 aromatic rings. The van der Waals surface area contributed by atoms with Crippen molar-refractivity contribution in [2.24, 2.45) is 5.41 Å². The first kappa shape index (κ1) is 12.5. The Morgan fingerprint density at radius 2 is 2.12 bits per heavy atom. The molecule has 0 aliphatic carbocycles. The van der Waals surface area contributed by atoms with Crippen molar-refractivity contribution in [1.82, 2.24) is 4.98 Å². The number of carboxylic acids is 1. The van der Waals surface area contributed by atoms with Gasteiger partial charge in [0.05, 0.1) is 0 Å². The SMILES string of the molecule is CN(CC(C)(C)C)c1ccnc(C(=O)O)c1. The van der Waals surface area contributed by atoms with E-state index in [1.165, 1.54) is 6.20 Å². The third-order valence-electron chi connectivity index (χ3n) is 2.11. The average Bonchev–Trinajstić information content (AvgIpc) is 2.15. The van der Waals surface area contributed by atoms with Gasteiger partial charge in [-0.2, -0.15) is 0 Å². The van der Waals surface area contributed by atoms with Gasteiger partial charge in [0.25, 0.3) is 0 Å². The van der Waals surface area contributed by atoms with E-state index in [4.69, 9.17) is 5.11 Å². The first-order chi connectivity index (χ1) is 7.29. The van der Waals surface area contributed by atoms with Gasteiger partial charge in [-0.3, -0.25) is 0 Å². The lowest BCUT2D eigenvalue weighted by molar-refractivity contribution is 0.0690. The first-order valence-electron chi connectivity index (χ1n) is 5.20. The number of carbonyl (C=O) groups is 1. The van der Waals surface area contributed by atoms with E-state index in [9.17, 15) is 4.79 Å². The zero-order valence-corrected chi connectivity index (χ0v) is 10.2. The van der Waals surface area contributed by atoms with Crippen LogP contribution in [-0.2, 0) is 0 Å². The second-order valence-corrected chi connectivity index (χ2v) is 5.12. The summed E-state index contributed by atoms with van der Waals surface area (Å²) in [5, 5.41) is 8.84. The number of nitrogens with zero attached hydrogens (tertiary/aromatic N) is 2. The molecule has 0 unspecified atom stereocenters. The van der Waals surface area contributed by atoms with E-state index in [-0.39, 0.29) is 11.1 Å². The molecule has 0 atom stereocenters. The van der Waals surface area contributed by atoms with Crippen LogP contribution >= 0.6 is 0 Å². The van der Waals surface area contributed by atoms with E-state index in [0.717, 1.165) is 12.2 Å².